The molecule has 3 nitrogen and oxygen atoms in total. The lowest BCUT2D eigenvalue weighted by Crippen LogP contribution is -2.50. The van der Waals surface area contributed by atoms with E-state index in [0.29, 0.717) is 5.92 Å². The van der Waals surface area contributed by atoms with E-state index in [4.69, 9.17) is 0 Å². The third kappa shape index (κ3) is 2.60. The summed E-state index contributed by atoms with van der Waals surface area (Å²) in [6, 6.07) is 9.74. The Labute approximate surface area is 114 Å². The number of carboxylic acid groups (broad SMARTS) is 1. The molecule has 2 atom stereocenters. The molecule has 0 aromatic heterocycles. The monoisotopic (exact) mass is 259 g/mol. The summed E-state index contributed by atoms with van der Waals surface area (Å²) in [4.78, 5) is 11.8. The highest BCUT2D eigenvalue weighted by atomic mass is 16.4. The molecule has 2 aliphatic carbocycles. The van der Waals surface area contributed by atoms with Crippen LogP contribution in [0.1, 0.15) is 38.5 Å². The second-order valence-corrected chi connectivity index (χ2v) is 6.07. The van der Waals surface area contributed by atoms with E-state index in [-0.39, 0.29) is 0 Å². The van der Waals surface area contributed by atoms with Gasteiger partial charge in [-0.25, -0.2) is 4.79 Å². The van der Waals surface area contributed by atoms with Crippen molar-refractivity contribution in [3.63, 3.8) is 0 Å². The van der Waals surface area contributed by atoms with Gasteiger partial charge in [0, 0.05) is 5.69 Å². The number of carbonyl (C=O) groups is 1. The van der Waals surface area contributed by atoms with Crippen molar-refractivity contribution in [3.8, 4) is 0 Å². The minimum atomic E-state index is -0.757. The molecule has 0 bridgehead atoms. The molecule has 3 heteroatoms. The van der Waals surface area contributed by atoms with Crippen molar-refractivity contribution in [3.05, 3.63) is 30.3 Å². The highest BCUT2D eigenvalue weighted by Crippen LogP contribution is 2.47. The number of carboxylic acids is 1. The molecular formula is C16H21NO2. The van der Waals surface area contributed by atoms with Gasteiger partial charge in [-0.15, -0.1) is 0 Å². The first-order valence-corrected chi connectivity index (χ1v) is 7.26. The van der Waals surface area contributed by atoms with Crippen LogP contribution in [-0.4, -0.2) is 16.6 Å². The van der Waals surface area contributed by atoms with E-state index >= 15 is 0 Å². The number of nitrogens with one attached hydrogen (secondary N) is 1. The van der Waals surface area contributed by atoms with Gasteiger partial charge in [-0.1, -0.05) is 24.6 Å². The number of benzene rings is 1. The predicted octanol–water partition coefficient (Wildman–Crippen LogP) is 3.52. The first-order chi connectivity index (χ1) is 9.20. The van der Waals surface area contributed by atoms with E-state index in [1.165, 1.54) is 19.3 Å². The number of anilines is 1. The molecule has 0 amide bonds. The largest absolute Gasteiger partial charge is 0.480 e. The fourth-order valence-corrected chi connectivity index (χ4v) is 3.45. The Balaban J connectivity index is 1.80. The van der Waals surface area contributed by atoms with Gasteiger partial charge in [0.1, 0.15) is 5.54 Å². The van der Waals surface area contributed by atoms with Crippen molar-refractivity contribution >= 4 is 11.7 Å². The van der Waals surface area contributed by atoms with Crippen LogP contribution in [0.3, 0.4) is 0 Å². The molecule has 0 radical (unpaired) electrons. The summed E-state index contributed by atoms with van der Waals surface area (Å²) in [6.45, 7) is 0. The Morgan fingerprint density at radius 3 is 2.53 bits per heavy atom. The highest BCUT2D eigenvalue weighted by Gasteiger charge is 2.46. The minimum Gasteiger partial charge on any atom is -0.480 e. The Bertz CT molecular complexity index is 455. The van der Waals surface area contributed by atoms with Crippen LogP contribution < -0.4 is 5.32 Å². The molecule has 0 aliphatic heterocycles. The average Bonchev–Trinajstić information content (AvgIpc) is 3.24. The first kappa shape index (κ1) is 12.5. The normalized spacial score (nSPS) is 30.8. The summed E-state index contributed by atoms with van der Waals surface area (Å²) in [5.41, 5.74) is 0.161. The van der Waals surface area contributed by atoms with Crippen molar-refractivity contribution in [1.82, 2.24) is 0 Å². The molecule has 2 unspecified atom stereocenters. The second kappa shape index (κ2) is 4.87. The van der Waals surface area contributed by atoms with Gasteiger partial charge in [0.2, 0.25) is 0 Å². The van der Waals surface area contributed by atoms with E-state index in [1.54, 1.807) is 0 Å². The van der Waals surface area contributed by atoms with Gasteiger partial charge < -0.3 is 10.4 Å². The summed E-state index contributed by atoms with van der Waals surface area (Å²) in [5.74, 6) is 0.694. The van der Waals surface area contributed by atoms with Crippen LogP contribution >= 0.6 is 0 Å². The van der Waals surface area contributed by atoms with Gasteiger partial charge in [-0.3, -0.25) is 0 Å². The zero-order valence-electron chi connectivity index (χ0n) is 11.1. The van der Waals surface area contributed by atoms with Crippen molar-refractivity contribution in [2.75, 3.05) is 5.32 Å². The van der Waals surface area contributed by atoms with Crippen LogP contribution in [0.5, 0.6) is 0 Å². The maximum Gasteiger partial charge on any atom is 0.329 e. The van der Waals surface area contributed by atoms with Gasteiger partial charge >= 0.3 is 5.97 Å². The number of para-hydroxylation sites is 1. The van der Waals surface area contributed by atoms with Crippen molar-refractivity contribution < 1.29 is 9.90 Å². The summed E-state index contributed by atoms with van der Waals surface area (Å²) in [6.07, 6.45) is 6.34. The molecule has 0 spiro atoms. The van der Waals surface area contributed by atoms with E-state index in [9.17, 15) is 9.90 Å². The van der Waals surface area contributed by atoms with E-state index in [0.717, 1.165) is 30.9 Å². The molecular weight excluding hydrogens is 238 g/mol. The Hall–Kier alpha value is -1.51. The molecule has 19 heavy (non-hydrogen) atoms. The summed E-state index contributed by atoms with van der Waals surface area (Å²) in [7, 11) is 0. The smallest absolute Gasteiger partial charge is 0.329 e. The number of hydrogen-bond acceptors (Lipinski definition) is 2. The van der Waals surface area contributed by atoms with Crippen molar-refractivity contribution in [2.45, 2.75) is 44.1 Å². The van der Waals surface area contributed by atoms with Crippen molar-refractivity contribution in [1.29, 1.82) is 0 Å². The molecule has 2 N–H and O–H groups in total. The molecule has 2 aliphatic rings. The minimum absolute atomic E-state index is 0.598. The topological polar surface area (TPSA) is 49.3 Å². The van der Waals surface area contributed by atoms with Crippen LogP contribution in [0.15, 0.2) is 30.3 Å². The Morgan fingerprint density at radius 1 is 1.16 bits per heavy atom. The van der Waals surface area contributed by atoms with Crippen molar-refractivity contribution in [2.24, 2.45) is 11.8 Å². The van der Waals surface area contributed by atoms with E-state index < -0.39 is 11.5 Å². The van der Waals surface area contributed by atoms with Gasteiger partial charge in [0.15, 0.2) is 0 Å². The highest BCUT2D eigenvalue weighted by molar-refractivity contribution is 5.83. The fraction of sp³-hybridized carbons (Fsp3) is 0.562. The third-order valence-electron chi connectivity index (χ3n) is 4.64. The second-order valence-electron chi connectivity index (χ2n) is 6.07. The van der Waals surface area contributed by atoms with E-state index in [1.807, 2.05) is 30.3 Å². The van der Waals surface area contributed by atoms with Crippen LogP contribution in [-0.2, 0) is 4.79 Å². The van der Waals surface area contributed by atoms with Crippen LogP contribution in [0, 0.1) is 11.8 Å². The maximum atomic E-state index is 11.8. The molecule has 102 valence electrons. The molecule has 2 fully saturated rings. The van der Waals surface area contributed by atoms with Gasteiger partial charge in [-0.2, -0.15) is 0 Å². The lowest BCUT2D eigenvalue weighted by molar-refractivity contribution is -0.144. The maximum absolute atomic E-state index is 11.8. The van der Waals surface area contributed by atoms with Crippen LogP contribution in [0.25, 0.3) is 0 Å². The lowest BCUT2D eigenvalue weighted by Gasteiger charge is -2.39. The number of hydrogen-bond donors (Lipinski definition) is 2. The SMILES string of the molecule is O=C(O)C1(Nc2ccccc2)CCCC(C2CC2)C1. The van der Waals surface area contributed by atoms with Gasteiger partial charge in [0.25, 0.3) is 0 Å². The number of rotatable bonds is 4. The lowest BCUT2D eigenvalue weighted by atomic mass is 9.73. The first-order valence-electron chi connectivity index (χ1n) is 7.26. The fourth-order valence-electron chi connectivity index (χ4n) is 3.45. The molecule has 1 aromatic rings. The number of aliphatic carboxylic acids is 1. The Morgan fingerprint density at radius 2 is 1.89 bits per heavy atom. The zero-order chi connectivity index (χ0) is 13.3. The Kier molecular flexibility index (Phi) is 3.21. The standard InChI is InChI=1S/C16H21NO2/c18-15(19)16(17-14-6-2-1-3-7-14)10-4-5-13(11-16)12-8-9-12/h1-3,6-7,12-13,17H,4-5,8-11H2,(H,18,19). The molecule has 0 saturated heterocycles. The van der Waals surface area contributed by atoms with Gasteiger partial charge in [0.05, 0.1) is 0 Å². The summed E-state index contributed by atoms with van der Waals surface area (Å²) in [5, 5.41) is 13.0. The van der Waals surface area contributed by atoms with Gasteiger partial charge in [-0.05, 0) is 56.1 Å². The van der Waals surface area contributed by atoms with Crippen LogP contribution in [0.4, 0.5) is 5.69 Å². The molecule has 0 heterocycles. The predicted molar refractivity (Wildman–Crippen MR) is 75.1 cm³/mol. The molecule has 2 saturated carbocycles. The zero-order valence-corrected chi connectivity index (χ0v) is 11.1. The van der Waals surface area contributed by atoms with Crippen LogP contribution in [0.2, 0.25) is 0 Å². The third-order valence-corrected chi connectivity index (χ3v) is 4.64. The average molecular weight is 259 g/mol. The quantitative estimate of drug-likeness (QED) is 0.869. The summed E-state index contributed by atoms with van der Waals surface area (Å²) < 4.78 is 0. The van der Waals surface area contributed by atoms with E-state index in [2.05, 4.69) is 5.32 Å². The summed E-state index contributed by atoms with van der Waals surface area (Å²) >= 11 is 0. The molecule has 3 rings (SSSR count). The molecule has 1 aromatic carbocycles.